The van der Waals surface area contributed by atoms with E-state index in [1.165, 1.54) is 6.92 Å². The largest absolute Gasteiger partial charge is 0.481 e. The maximum atomic E-state index is 11.5. The van der Waals surface area contributed by atoms with Gasteiger partial charge in [-0.25, -0.2) is 0 Å². The van der Waals surface area contributed by atoms with E-state index >= 15 is 0 Å². The van der Waals surface area contributed by atoms with Crippen molar-refractivity contribution in [1.29, 1.82) is 0 Å². The number of hydrogen-bond acceptors (Lipinski definition) is 3. The molecule has 0 aliphatic heterocycles. The fraction of sp³-hybridized carbons (Fsp3) is 0.294. The van der Waals surface area contributed by atoms with Crippen molar-refractivity contribution in [2.24, 2.45) is 5.92 Å². The molecule has 3 nitrogen and oxygen atoms in total. The Balaban J connectivity index is 2.27. The minimum Gasteiger partial charge on any atom is -0.481 e. The summed E-state index contributed by atoms with van der Waals surface area (Å²) in [6.07, 6.45) is 0. The molecule has 0 heterocycles. The summed E-state index contributed by atoms with van der Waals surface area (Å²) in [5.41, 5.74) is 0.991. The lowest BCUT2D eigenvalue weighted by molar-refractivity contribution is -0.141. The molecule has 2 atom stereocenters. The predicted octanol–water partition coefficient (Wildman–Crippen LogP) is 3.92. The lowest BCUT2D eigenvalue weighted by Crippen LogP contribution is -2.23. The molecule has 21 heavy (non-hydrogen) atoms. The van der Waals surface area contributed by atoms with Crippen molar-refractivity contribution in [2.75, 3.05) is 5.75 Å². The van der Waals surface area contributed by atoms with E-state index in [-0.39, 0.29) is 11.0 Å². The van der Waals surface area contributed by atoms with Crippen molar-refractivity contribution >= 4 is 33.6 Å². The maximum Gasteiger partial charge on any atom is 0.307 e. The summed E-state index contributed by atoms with van der Waals surface area (Å²) >= 11 is 1.07. The number of carboxylic acids is 1. The standard InChI is InChI=1S/C17H18O3S/c1-11(16(17(19)20)10-21-12(2)18)14-8-7-13-5-3-4-6-15(13)9-14/h3-9,11,16H,10H2,1-2H3,(H,19,20). The topological polar surface area (TPSA) is 54.4 Å². The van der Waals surface area contributed by atoms with Crippen LogP contribution in [0.3, 0.4) is 0 Å². The highest BCUT2D eigenvalue weighted by Gasteiger charge is 2.26. The van der Waals surface area contributed by atoms with Gasteiger partial charge in [-0.3, -0.25) is 9.59 Å². The number of carboxylic acid groups (broad SMARTS) is 1. The minimum atomic E-state index is -0.857. The predicted molar refractivity (Wildman–Crippen MR) is 86.6 cm³/mol. The highest BCUT2D eigenvalue weighted by atomic mass is 32.2. The second-order valence-corrected chi connectivity index (χ2v) is 6.34. The molecule has 0 bridgehead atoms. The van der Waals surface area contributed by atoms with Crippen LogP contribution in [-0.2, 0) is 9.59 Å². The Bertz CT molecular complexity index is 666. The highest BCUT2D eigenvalue weighted by molar-refractivity contribution is 8.13. The van der Waals surface area contributed by atoms with Crippen LogP contribution in [0.2, 0.25) is 0 Å². The van der Waals surface area contributed by atoms with Crippen LogP contribution in [0, 0.1) is 5.92 Å². The molecule has 4 heteroatoms. The second kappa shape index (κ2) is 6.76. The van der Waals surface area contributed by atoms with Gasteiger partial charge in [0.1, 0.15) is 0 Å². The first-order valence-corrected chi connectivity index (χ1v) is 7.82. The van der Waals surface area contributed by atoms with Crippen LogP contribution in [0.4, 0.5) is 0 Å². The zero-order valence-corrected chi connectivity index (χ0v) is 12.9. The van der Waals surface area contributed by atoms with Gasteiger partial charge in [0.25, 0.3) is 0 Å². The van der Waals surface area contributed by atoms with Gasteiger partial charge in [-0.05, 0) is 22.3 Å². The Morgan fingerprint density at radius 1 is 1.14 bits per heavy atom. The Hall–Kier alpha value is -1.81. The Morgan fingerprint density at radius 3 is 2.43 bits per heavy atom. The normalized spacial score (nSPS) is 13.8. The summed E-state index contributed by atoms with van der Waals surface area (Å²) in [5, 5.41) is 11.6. The average molecular weight is 302 g/mol. The van der Waals surface area contributed by atoms with E-state index in [9.17, 15) is 14.7 Å². The number of aliphatic carboxylic acids is 1. The van der Waals surface area contributed by atoms with Crippen LogP contribution in [0.1, 0.15) is 25.3 Å². The second-order valence-electron chi connectivity index (χ2n) is 5.14. The molecule has 0 radical (unpaired) electrons. The van der Waals surface area contributed by atoms with Crippen LogP contribution in [-0.4, -0.2) is 21.9 Å². The molecule has 1 N–H and O–H groups in total. The van der Waals surface area contributed by atoms with Gasteiger partial charge < -0.3 is 5.11 Å². The van der Waals surface area contributed by atoms with Gasteiger partial charge in [-0.2, -0.15) is 0 Å². The van der Waals surface area contributed by atoms with Crippen molar-refractivity contribution in [3.05, 3.63) is 48.0 Å². The first-order valence-electron chi connectivity index (χ1n) is 6.84. The van der Waals surface area contributed by atoms with Crippen molar-refractivity contribution < 1.29 is 14.7 Å². The zero-order valence-electron chi connectivity index (χ0n) is 12.1. The quantitative estimate of drug-likeness (QED) is 0.909. The van der Waals surface area contributed by atoms with Crippen molar-refractivity contribution in [3.8, 4) is 0 Å². The molecule has 0 aromatic heterocycles. The van der Waals surface area contributed by atoms with Gasteiger partial charge in [-0.1, -0.05) is 61.2 Å². The number of thioether (sulfide) groups is 1. The Morgan fingerprint density at radius 2 is 1.81 bits per heavy atom. The summed E-state index contributed by atoms with van der Waals surface area (Å²) in [5.74, 6) is -1.26. The van der Waals surface area contributed by atoms with E-state index < -0.39 is 11.9 Å². The van der Waals surface area contributed by atoms with Crippen LogP contribution in [0.25, 0.3) is 10.8 Å². The fourth-order valence-corrected chi connectivity index (χ4v) is 3.21. The van der Waals surface area contributed by atoms with Crippen molar-refractivity contribution in [1.82, 2.24) is 0 Å². The molecule has 2 unspecified atom stereocenters. The number of fused-ring (bicyclic) bond motifs is 1. The van der Waals surface area contributed by atoms with E-state index in [1.54, 1.807) is 0 Å². The number of rotatable bonds is 5. The molecule has 0 saturated carbocycles. The molecule has 0 saturated heterocycles. The lowest BCUT2D eigenvalue weighted by atomic mass is 9.88. The molecular formula is C17H18O3S. The molecule has 2 rings (SSSR count). The van der Waals surface area contributed by atoms with E-state index in [0.717, 1.165) is 28.1 Å². The number of carbonyl (C=O) groups excluding carboxylic acids is 1. The van der Waals surface area contributed by atoms with Crippen molar-refractivity contribution in [2.45, 2.75) is 19.8 Å². The van der Waals surface area contributed by atoms with Crippen LogP contribution in [0.15, 0.2) is 42.5 Å². The molecule has 0 amide bonds. The maximum absolute atomic E-state index is 11.5. The van der Waals surface area contributed by atoms with Crippen molar-refractivity contribution in [3.63, 3.8) is 0 Å². The van der Waals surface area contributed by atoms with Crippen LogP contribution in [0.5, 0.6) is 0 Å². The third-order valence-electron chi connectivity index (χ3n) is 3.69. The summed E-state index contributed by atoms with van der Waals surface area (Å²) < 4.78 is 0. The zero-order chi connectivity index (χ0) is 15.4. The molecule has 110 valence electrons. The average Bonchev–Trinajstić information content (AvgIpc) is 2.46. The summed E-state index contributed by atoms with van der Waals surface area (Å²) in [7, 11) is 0. The smallest absolute Gasteiger partial charge is 0.307 e. The van der Waals surface area contributed by atoms with Crippen LogP contribution >= 0.6 is 11.8 Å². The third-order valence-corrected chi connectivity index (χ3v) is 4.62. The van der Waals surface area contributed by atoms with E-state index in [0.29, 0.717) is 5.75 Å². The molecule has 0 spiro atoms. The van der Waals surface area contributed by atoms with Gasteiger partial charge in [0.05, 0.1) is 5.92 Å². The minimum absolute atomic E-state index is 0.0491. The summed E-state index contributed by atoms with van der Waals surface area (Å²) in [6.45, 7) is 3.37. The molecular weight excluding hydrogens is 284 g/mol. The highest BCUT2D eigenvalue weighted by Crippen LogP contribution is 2.30. The van der Waals surface area contributed by atoms with Gasteiger partial charge in [0.2, 0.25) is 0 Å². The summed E-state index contributed by atoms with van der Waals surface area (Å²) in [4.78, 5) is 22.5. The van der Waals surface area contributed by atoms with Gasteiger partial charge in [0.15, 0.2) is 5.12 Å². The van der Waals surface area contributed by atoms with E-state index in [4.69, 9.17) is 0 Å². The first-order chi connectivity index (χ1) is 9.99. The number of carbonyl (C=O) groups is 2. The van der Waals surface area contributed by atoms with Gasteiger partial charge >= 0.3 is 5.97 Å². The molecule has 0 aliphatic carbocycles. The van der Waals surface area contributed by atoms with E-state index in [2.05, 4.69) is 0 Å². The molecule has 0 fully saturated rings. The number of hydrogen-bond donors (Lipinski definition) is 1. The van der Waals surface area contributed by atoms with Crippen LogP contribution < -0.4 is 0 Å². The number of benzene rings is 2. The molecule has 2 aromatic rings. The molecule has 2 aromatic carbocycles. The monoisotopic (exact) mass is 302 g/mol. The fourth-order valence-electron chi connectivity index (χ4n) is 2.36. The lowest BCUT2D eigenvalue weighted by Gasteiger charge is -2.20. The third kappa shape index (κ3) is 3.85. The van der Waals surface area contributed by atoms with Gasteiger partial charge in [0, 0.05) is 12.7 Å². The Kier molecular flexibility index (Phi) is 5.02. The Labute approximate surface area is 128 Å². The first kappa shape index (κ1) is 15.6. The van der Waals surface area contributed by atoms with E-state index in [1.807, 2.05) is 49.4 Å². The SMILES string of the molecule is CC(=O)SCC(C(=O)O)C(C)c1ccc2ccccc2c1. The summed E-state index contributed by atoms with van der Waals surface area (Å²) in [6, 6.07) is 14.0. The van der Waals surface area contributed by atoms with Gasteiger partial charge in [-0.15, -0.1) is 0 Å². The molecule has 0 aliphatic rings.